The highest BCUT2D eigenvalue weighted by Gasteiger charge is 2.15. The SMILES string of the molecule is CCOC(=O)COc1ccc(C(O)c2cccs2)c(Cl)c1. The van der Waals surface area contributed by atoms with Crippen LogP contribution in [0.25, 0.3) is 0 Å². The van der Waals surface area contributed by atoms with Gasteiger partial charge >= 0.3 is 5.97 Å². The van der Waals surface area contributed by atoms with Crippen molar-refractivity contribution in [1.29, 1.82) is 0 Å². The van der Waals surface area contributed by atoms with Crippen molar-refractivity contribution in [3.8, 4) is 5.75 Å². The summed E-state index contributed by atoms with van der Waals surface area (Å²) in [5.41, 5.74) is 0.600. The van der Waals surface area contributed by atoms with Gasteiger partial charge in [0.1, 0.15) is 11.9 Å². The lowest BCUT2D eigenvalue weighted by Gasteiger charge is -2.13. The fourth-order valence-corrected chi connectivity index (χ4v) is 2.77. The van der Waals surface area contributed by atoms with E-state index in [2.05, 4.69) is 0 Å². The molecule has 2 rings (SSSR count). The second kappa shape index (κ2) is 7.45. The van der Waals surface area contributed by atoms with Gasteiger partial charge in [-0.05, 0) is 30.5 Å². The Balaban J connectivity index is 2.05. The largest absolute Gasteiger partial charge is 0.482 e. The number of rotatable bonds is 6. The zero-order valence-electron chi connectivity index (χ0n) is 11.4. The van der Waals surface area contributed by atoms with Crippen LogP contribution >= 0.6 is 22.9 Å². The van der Waals surface area contributed by atoms with Gasteiger partial charge in [-0.2, -0.15) is 0 Å². The number of ether oxygens (including phenoxy) is 2. The molecule has 2 aromatic rings. The van der Waals surface area contributed by atoms with Crippen molar-refractivity contribution in [2.45, 2.75) is 13.0 Å². The van der Waals surface area contributed by atoms with Crippen molar-refractivity contribution in [1.82, 2.24) is 0 Å². The van der Waals surface area contributed by atoms with Crippen LogP contribution in [-0.2, 0) is 9.53 Å². The predicted molar refractivity (Wildman–Crippen MR) is 82.0 cm³/mol. The Morgan fingerprint density at radius 1 is 1.43 bits per heavy atom. The Morgan fingerprint density at radius 2 is 2.24 bits per heavy atom. The first kappa shape index (κ1) is 15.8. The fraction of sp³-hybridized carbons (Fsp3) is 0.267. The monoisotopic (exact) mass is 326 g/mol. The summed E-state index contributed by atoms with van der Waals surface area (Å²) in [4.78, 5) is 12.0. The lowest BCUT2D eigenvalue weighted by Crippen LogP contribution is -2.14. The van der Waals surface area contributed by atoms with Crippen molar-refractivity contribution in [2.75, 3.05) is 13.2 Å². The zero-order valence-corrected chi connectivity index (χ0v) is 13.0. The highest BCUT2D eigenvalue weighted by Crippen LogP contribution is 2.32. The minimum Gasteiger partial charge on any atom is -0.482 e. The summed E-state index contributed by atoms with van der Waals surface area (Å²) >= 11 is 7.62. The molecular formula is C15H15ClO4S. The van der Waals surface area contributed by atoms with E-state index in [4.69, 9.17) is 21.1 Å². The number of hydrogen-bond acceptors (Lipinski definition) is 5. The molecule has 0 saturated carbocycles. The minimum absolute atomic E-state index is 0.170. The Kier molecular flexibility index (Phi) is 5.61. The topological polar surface area (TPSA) is 55.8 Å². The number of carbonyl (C=O) groups excluding carboxylic acids is 1. The number of halogens is 1. The highest BCUT2D eigenvalue weighted by atomic mass is 35.5. The molecule has 0 saturated heterocycles. The summed E-state index contributed by atoms with van der Waals surface area (Å²) in [5.74, 6) is 0.0199. The lowest BCUT2D eigenvalue weighted by molar-refractivity contribution is -0.145. The molecule has 1 atom stereocenters. The Hall–Kier alpha value is -1.56. The van der Waals surface area contributed by atoms with Crippen LogP contribution in [-0.4, -0.2) is 24.3 Å². The third kappa shape index (κ3) is 4.20. The smallest absolute Gasteiger partial charge is 0.344 e. The third-order valence-corrected chi connectivity index (χ3v) is 3.99. The molecule has 0 bridgehead atoms. The maximum Gasteiger partial charge on any atom is 0.344 e. The van der Waals surface area contributed by atoms with E-state index in [1.807, 2.05) is 17.5 Å². The summed E-state index contributed by atoms with van der Waals surface area (Å²) in [7, 11) is 0. The van der Waals surface area contributed by atoms with E-state index in [0.717, 1.165) is 4.88 Å². The zero-order chi connectivity index (χ0) is 15.2. The first-order chi connectivity index (χ1) is 10.1. The number of carbonyl (C=O) groups is 1. The Labute approximate surface area is 131 Å². The Bertz CT molecular complexity index is 598. The van der Waals surface area contributed by atoms with Crippen LogP contribution in [0.4, 0.5) is 0 Å². The van der Waals surface area contributed by atoms with Gasteiger partial charge in [0.15, 0.2) is 6.61 Å². The molecular weight excluding hydrogens is 312 g/mol. The van der Waals surface area contributed by atoms with Gasteiger partial charge in [0, 0.05) is 10.4 Å². The summed E-state index contributed by atoms with van der Waals surface area (Å²) < 4.78 is 10.1. The molecule has 1 unspecified atom stereocenters. The molecule has 4 nitrogen and oxygen atoms in total. The van der Waals surface area contributed by atoms with Crippen molar-refractivity contribution in [3.05, 3.63) is 51.2 Å². The van der Waals surface area contributed by atoms with Gasteiger partial charge in [0.05, 0.1) is 11.6 Å². The maximum absolute atomic E-state index is 11.2. The van der Waals surface area contributed by atoms with E-state index in [-0.39, 0.29) is 6.61 Å². The quantitative estimate of drug-likeness (QED) is 0.826. The molecule has 1 aromatic carbocycles. The van der Waals surface area contributed by atoms with Gasteiger partial charge in [-0.25, -0.2) is 4.79 Å². The van der Waals surface area contributed by atoms with Crippen LogP contribution in [0.5, 0.6) is 5.75 Å². The van der Waals surface area contributed by atoms with Gasteiger partial charge in [0.25, 0.3) is 0 Å². The molecule has 0 aliphatic heterocycles. The molecule has 0 spiro atoms. The molecule has 21 heavy (non-hydrogen) atoms. The van der Waals surface area contributed by atoms with Crippen LogP contribution in [0.3, 0.4) is 0 Å². The number of aliphatic hydroxyl groups is 1. The highest BCUT2D eigenvalue weighted by molar-refractivity contribution is 7.10. The molecule has 0 aliphatic carbocycles. The van der Waals surface area contributed by atoms with Gasteiger partial charge in [-0.15, -0.1) is 11.3 Å². The van der Waals surface area contributed by atoms with E-state index in [9.17, 15) is 9.90 Å². The third-order valence-electron chi connectivity index (χ3n) is 2.74. The first-order valence-corrected chi connectivity index (χ1v) is 7.67. The first-order valence-electron chi connectivity index (χ1n) is 6.41. The van der Waals surface area contributed by atoms with Crippen LogP contribution < -0.4 is 4.74 Å². The molecule has 6 heteroatoms. The van der Waals surface area contributed by atoms with Crippen LogP contribution in [0.1, 0.15) is 23.5 Å². The molecule has 1 aromatic heterocycles. The number of esters is 1. The number of benzene rings is 1. The van der Waals surface area contributed by atoms with Crippen LogP contribution in [0, 0.1) is 0 Å². The van der Waals surface area contributed by atoms with Crippen LogP contribution in [0.15, 0.2) is 35.7 Å². The fourth-order valence-electron chi connectivity index (χ4n) is 1.76. The second-order valence-corrected chi connectivity index (χ2v) is 5.58. The normalized spacial score (nSPS) is 12.0. The van der Waals surface area contributed by atoms with Gasteiger partial charge in [-0.1, -0.05) is 23.7 Å². The summed E-state index contributed by atoms with van der Waals surface area (Å²) in [5, 5.41) is 12.5. The maximum atomic E-state index is 11.2. The lowest BCUT2D eigenvalue weighted by atomic mass is 10.1. The standard InChI is InChI=1S/C15H15ClO4S/c1-2-19-14(17)9-20-10-5-6-11(12(16)8-10)15(18)13-4-3-7-21-13/h3-8,15,18H,2,9H2,1H3. The molecule has 0 aliphatic rings. The average molecular weight is 327 g/mol. The van der Waals surface area contributed by atoms with E-state index in [1.165, 1.54) is 11.3 Å². The minimum atomic E-state index is -0.767. The average Bonchev–Trinajstić information content (AvgIpc) is 2.99. The molecule has 1 N–H and O–H groups in total. The Morgan fingerprint density at radius 3 is 2.86 bits per heavy atom. The molecule has 0 radical (unpaired) electrons. The van der Waals surface area contributed by atoms with E-state index in [0.29, 0.717) is 22.9 Å². The molecule has 0 amide bonds. The predicted octanol–water partition coefficient (Wildman–Crippen LogP) is 3.43. The second-order valence-electron chi connectivity index (χ2n) is 4.19. The van der Waals surface area contributed by atoms with Crippen molar-refractivity contribution < 1.29 is 19.4 Å². The van der Waals surface area contributed by atoms with Crippen molar-refractivity contribution >= 4 is 28.9 Å². The van der Waals surface area contributed by atoms with E-state index in [1.54, 1.807) is 25.1 Å². The van der Waals surface area contributed by atoms with Crippen LogP contribution in [0.2, 0.25) is 5.02 Å². The van der Waals surface area contributed by atoms with E-state index < -0.39 is 12.1 Å². The van der Waals surface area contributed by atoms with Crippen molar-refractivity contribution in [3.63, 3.8) is 0 Å². The van der Waals surface area contributed by atoms with Gasteiger partial charge in [0.2, 0.25) is 0 Å². The number of hydrogen-bond donors (Lipinski definition) is 1. The summed E-state index contributed by atoms with van der Waals surface area (Å²) in [6.45, 7) is 1.88. The van der Waals surface area contributed by atoms with E-state index >= 15 is 0 Å². The summed E-state index contributed by atoms with van der Waals surface area (Å²) in [6, 6.07) is 8.64. The summed E-state index contributed by atoms with van der Waals surface area (Å²) in [6.07, 6.45) is -0.767. The number of aliphatic hydroxyl groups excluding tert-OH is 1. The van der Waals surface area contributed by atoms with Gasteiger partial charge in [-0.3, -0.25) is 0 Å². The molecule has 112 valence electrons. The number of thiophene rings is 1. The van der Waals surface area contributed by atoms with Gasteiger partial charge < -0.3 is 14.6 Å². The molecule has 1 heterocycles. The molecule has 0 fully saturated rings. The van der Waals surface area contributed by atoms with Crippen molar-refractivity contribution in [2.24, 2.45) is 0 Å².